The predicted molar refractivity (Wildman–Crippen MR) is 138 cm³/mol. The van der Waals surface area contributed by atoms with E-state index in [9.17, 15) is 13.6 Å². The van der Waals surface area contributed by atoms with Gasteiger partial charge in [-0.1, -0.05) is 6.58 Å². The summed E-state index contributed by atoms with van der Waals surface area (Å²) in [5.41, 5.74) is 0.892. The van der Waals surface area contributed by atoms with Crippen LogP contribution in [0.4, 0.5) is 30.6 Å². The van der Waals surface area contributed by atoms with E-state index in [4.69, 9.17) is 9.47 Å². The summed E-state index contributed by atoms with van der Waals surface area (Å²) in [6.07, 6.45) is 2.48. The third kappa shape index (κ3) is 9.74. The van der Waals surface area contributed by atoms with E-state index in [0.29, 0.717) is 54.5 Å². The first-order chi connectivity index (χ1) is 16.6. The molecule has 0 bridgehead atoms. The average Bonchev–Trinajstić information content (AvgIpc) is 2.77. The van der Waals surface area contributed by atoms with Gasteiger partial charge in [0, 0.05) is 49.1 Å². The number of halogens is 2. The second kappa shape index (κ2) is 13.4. The van der Waals surface area contributed by atoms with E-state index in [1.54, 1.807) is 50.6 Å². The predicted octanol–water partition coefficient (Wildman–Crippen LogP) is 6.31. The van der Waals surface area contributed by atoms with E-state index in [1.165, 1.54) is 19.9 Å². The number of nitrogens with one attached hydrogen (secondary N) is 3. The first kappa shape index (κ1) is 27.8. The van der Waals surface area contributed by atoms with Gasteiger partial charge in [-0.25, -0.2) is 13.6 Å². The maximum absolute atomic E-state index is 14.9. The number of carbonyl (C=O) groups excluding carboxylic acids is 1. The Hall–Kier alpha value is -3.46. The lowest BCUT2D eigenvalue weighted by atomic mass is 10.1. The molecule has 0 atom stereocenters. The maximum atomic E-state index is 14.9. The number of ether oxygens (including phenoxy) is 2. The molecule has 3 N–H and O–H groups in total. The quantitative estimate of drug-likeness (QED) is 0.228. The molecule has 2 amide bonds. The molecule has 9 heteroatoms. The monoisotopic (exact) mass is 488 g/mol. The van der Waals surface area contributed by atoms with Gasteiger partial charge < -0.3 is 25.4 Å². The van der Waals surface area contributed by atoms with Gasteiger partial charge in [-0.3, -0.25) is 4.99 Å². The lowest BCUT2D eigenvalue weighted by Gasteiger charge is -2.16. The van der Waals surface area contributed by atoms with Crippen molar-refractivity contribution in [2.24, 2.45) is 4.99 Å². The van der Waals surface area contributed by atoms with Crippen LogP contribution in [0.15, 0.2) is 48.0 Å². The van der Waals surface area contributed by atoms with E-state index in [-0.39, 0.29) is 18.2 Å². The number of anilines is 2. The van der Waals surface area contributed by atoms with Gasteiger partial charge in [-0.2, -0.15) is 0 Å². The molecule has 35 heavy (non-hydrogen) atoms. The minimum Gasteiger partial charge on any atom is -0.491 e. The number of urea groups is 1. The fraction of sp³-hybridized carbons (Fsp3) is 0.385. The van der Waals surface area contributed by atoms with Crippen molar-refractivity contribution in [2.75, 3.05) is 37.5 Å². The zero-order valence-corrected chi connectivity index (χ0v) is 20.7. The number of rotatable bonds is 13. The fourth-order valence-electron chi connectivity index (χ4n) is 3.19. The minimum absolute atomic E-state index is 0.222. The molecule has 0 aliphatic rings. The zero-order valence-electron chi connectivity index (χ0n) is 20.7. The summed E-state index contributed by atoms with van der Waals surface area (Å²) in [6.45, 7) is 9.78. The van der Waals surface area contributed by atoms with E-state index in [0.717, 1.165) is 0 Å². The third-order valence-corrected chi connectivity index (χ3v) is 4.84. The van der Waals surface area contributed by atoms with Crippen molar-refractivity contribution >= 4 is 35.0 Å². The van der Waals surface area contributed by atoms with E-state index < -0.39 is 11.5 Å². The number of benzene rings is 2. The smallest absolute Gasteiger partial charge is 0.319 e. The zero-order chi connectivity index (χ0) is 25.8. The van der Waals surface area contributed by atoms with Gasteiger partial charge in [0.1, 0.15) is 23.8 Å². The number of methoxy groups -OCH3 is 1. The van der Waals surface area contributed by atoms with Gasteiger partial charge in [0.05, 0.1) is 17.9 Å². The summed E-state index contributed by atoms with van der Waals surface area (Å²) in [4.78, 5) is 16.3. The second-order valence-corrected chi connectivity index (χ2v) is 8.41. The molecule has 0 heterocycles. The normalized spacial score (nSPS) is 11.4. The Labute approximate surface area is 205 Å². The summed E-state index contributed by atoms with van der Waals surface area (Å²) in [5.74, 6) is -0.178. The van der Waals surface area contributed by atoms with Crippen LogP contribution in [0.5, 0.6) is 5.75 Å². The molecule has 0 radical (unpaired) electrons. The van der Waals surface area contributed by atoms with Crippen molar-refractivity contribution in [3.8, 4) is 5.75 Å². The SMILES string of the molecule is C=C(Nc1ccc(NC(=O)NCCCC(C)(C)F)cc1)c1c(F)cc(OCCOC)cc1N=CC. The van der Waals surface area contributed by atoms with E-state index in [1.807, 2.05) is 0 Å². The molecule has 190 valence electrons. The topological polar surface area (TPSA) is 84.0 Å². The molecule has 0 unspecified atom stereocenters. The van der Waals surface area contributed by atoms with Crippen LogP contribution in [0.25, 0.3) is 5.70 Å². The van der Waals surface area contributed by atoms with Gasteiger partial charge in [0.25, 0.3) is 0 Å². The second-order valence-electron chi connectivity index (χ2n) is 8.41. The van der Waals surface area contributed by atoms with Gasteiger partial charge in [0.2, 0.25) is 0 Å². The molecule has 0 aliphatic heterocycles. The highest BCUT2D eigenvalue weighted by molar-refractivity contribution is 5.90. The number of nitrogens with zero attached hydrogens (tertiary/aromatic N) is 1. The highest BCUT2D eigenvalue weighted by Crippen LogP contribution is 2.33. The van der Waals surface area contributed by atoms with Crippen LogP contribution in [0.3, 0.4) is 0 Å². The summed E-state index contributed by atoms with van der Waals surface area (Å²) in [7, 11) is 1.56. The molecular weight excluding hydrogens is 454 g/mol. The number of alkyl halides is 1. The molecule has 2 rings (SSSR count). The van der Waals surface area contributed by atoms with Crippen LogP contribution >= 0.6 is 0 Å². The van der Waals surface area contributed by atoms with Gasteiger partial charge in [0.15, 0.2) is 0 Å². The lowest BCUT2D eigenvalue weighted by molar-refractivity contribution is 0.146. The number of carbonyl (C=O) groups is 1. The van der Waals surface area contributed by atoms with Crippen molar-refractivity contribution in [1.29, 1.82) is 0 Å². The molecule has 0 spiro atoms. The molecule has 0 saturated carbocycles. The number of hydrogen-bond donors (Lipinski definition) is 3. The fourth-order valence-corrected chi connectivity index (χ4v) is 3.19. The molecule has 7 nitrogen and oxygen atoms in total. The van der Waals surface area contributed by atoms with E-state index >= 15 is 0 Å². The van der Waals surface area contributed by atoms with Crippen LogP contribution < -0.4 is 20.7 Å². The molecule has 0 saturated heterocycles. The molecular formula is C26H34F2N4O3. The highest BCUT2D eigenvalue weighted by Gasteiger charge is 2.16. The average molecular weight is 489 g/mol. The van der Waals surface area contributed by atoms with Crippen molar-refractivity contribution in [3.63, 3.8) is 0 Å². The van der Waals surface area contributed by atoms with Crippen LogP contribution in [0.1, 0.15) is 39.2 Å². The van der Waals surface area contributed by atoms with Crippen LogP contribution in [-0.2, 0) is 4.74 Å². The summed E-state index contributed by atoms with van der Waals surface area (Å²) >= 11 is 0. The van der Waals surface area contributed by atoms with Crippen LogP contribution in [0.2, 0.25) is 0 Å². The number of amides is 2. The minimum atomic E-state index is -1.25. The largest absolute Gasteiger partial charge is 0.491 e. The Kier molecular flexibility index (Phi) is 10.7. The van der Waals surface area contributed by atoms with Gasteiger partial charge in [-0.15, -0.1) is 0 Å². The Bertz CT molecular complexity index is 1020. The Balaban J connectivity index is 1.99. The first-order valence-electron chi connectivity index (χ1n) is 11.4. The van der Waals surface area contributed by atoms with E-state index in [2.05, 4.69) is 27.5 Å². The highest BCUT2D eigenvalue weighted by atomic mass is 19.1. The van der Waals surface area contributed by atoms with Crippen LogP contribution in [0, 0.1) is 5.82 Å². The molecule has 0 fully saturated rings. The van der Waals surface area contributed by atoms with Crippen molar-refractivity contribution < 1.29 is 23.0 Å². The maximum Gasteiger partial charge on any atom is 0.319 e. The molecule has 0 aliphatic carbocycles. The standard InChI is InChI=1S/C26H34F2N4O3/c1-6-29-23-17-21(35-15-14-34-5)16-22(27)24(23)18(2)31-19-8-10-20(11-9-19)32-25(33)30-13-7-12-26(3,4)28/h6,8-11,16-17,31H,2,7,12-15H2,1,3-5H3,(H2,30,32,33). The van der Waals surface area contributed by atoms with Crippen LogP contribution in [-0.4, -0.2) is 44.8 Å². The summed E-state index contributed by atoms with van der Waals surface area (Å²) < 4.78 is 38.9. The summed E-state index contributed by atoms with van der Waals surface area (Å²) in [5, 5.41) is 8.49. The first-order valence-corrected chi connectivity index (χ1v) is 11.4. The van der Waals surface area contributed by atoms with Crippen molar-refractivity contribution in [2.45, 2.75) is 39.3 Å². The van der Waals surface area contributed by atoms with Gasteiger partial charge >= 0.3 is 6.03 Å². The molecule has 0 aromatic heterocycles. The Morgan fingerprint density at radius 3 is 2.40 bits per heavy atom. The van der Waals surface area contributed by atoms with Gasteiger partial charge in [-0.05, 0) is 57.9 Å². The third-order valence-electron chi connectivity index (χ3n) is 4.84. The Morgan fingerprint density at radius 1 is 1.14 bits per heavy atom. The Morgan fingerprint density at radius 2 is 1.80 bits per heavy atom. The van der Waals surface area contributed by atoms with Crippen molar-refractivity contribution in [3.05, 3.63) is 54.4 Å². The number of aliphatic imine (C=N–C) groups is 1. The number of hydrogen-bond acceptors (Lipinski definition) is 5. The lowest BCUT2D eigenvalue weighted by Crippen LogP contribution is -2.30. The van der Waals surface area contributed by atoms with Crippen molar-refractivity contribution in [1.82, 2.24) is 5.32 Å². The molecule has 2 aromatic carbocycles. The summed E-state index contributed by atoms with van der Waals surface area (Å²) in [6, 6.07) is 9.42. The molecule has 2 aromatic rings.